The van der Waals surface area contributed by atoms with Crippen LogP contribution in [0.2, 0.25) is 0 Å². The highest BCUT2D eigenvalue weighted by molar-refractivity contribution is 7.90. The summed E-state index contributed by atoms with van der Waals surface area (Å²) in [4.78, 5) is 2.46. The normalized spacial score (nSPS) is 21.8. The minimum absolute atomic E-state index is 0.00248. The van der Waals surface area contributed by atoms with Crippen molar-refractivity contribution in [2.45, 2.75) is 30.3 Å². The Labute approximate surface area is 164 Å². The van der Waals surface area contributed by atoms with E-state index in [0.29, 0.717) is 10.4 Å². The zero-order valence-corrected chi connectivity index (χ0v) is 16.6. The minimum atomic E-state index is -3.67. The van der Waals surface area contributed by atoms with E-state index in [4.69, 9.17) is 0 Å². The third-order valence-corrected chi connectivity index (χ3v) is 7.80. The molecule has 2 atom stereocenters. The van der Waals surface area contributed by atoms with Crippen LogP contribution in [0.3, 0.4) is 0 Å². The van der Waals surface area contributed by atoms with Crippen molar-refractivity contribution in [2.24, 2.45) is 0 Å². The zero-order chi connectivity index (χ0) is 19.6. The number of likely N-dealkylation sites (N-methyl/N-ethyl adjacent to an activating group) is 1. The fourth-order valence-corrected chi connectivity index (χ4v) is 5.94. The van der Waals surface area contributed by atoms with Crippen molar-refractivity contribution in [3.8, 4) is 0 Å². The summed E-state index contributed by atoms with van der Waals surface area (Å²) in [6.07, 6.45) is 4.64. The molecule has 0 bridgehead atoms. The fourth-order valence-electron chi connectivity index (χ4n) is 4.55. The molecule has 2 heterocycles. The summed E-state index contributed by atoms with van der Waals surface area (Å²) < 4.78 is 28.1. The van der Waals surface area contributed by atoms with Gasteiger partial charge in [-0.1, -0.05) is 35.9 Å². The monoisotopic (exact) mass is 394 g/mol. The third-order valence-electron chi connectivity index (χ3n) is 6.11. The largest absolute Gasteiger partial charge is 0.394 e. The summed E-state index contributed by atoms with van der Waals surface area (Å²) in [5.41, 5.74) is 5.03. The molecule has 1 aromatic heterocycles. The summed E-state index contributed by atoms with van der Waals surface area (Å²) in [6.45, 7) is 2.02. The average Bonchev–Trinajstić information content (AvgIpc) is 3.23. The van der Waals surface area contributed by atoms with E-state index < -0.39 is 10.0 Å². The molecular formula is C22H22N2O3S. The number of hydrogen-bond donors (Lipinski definition) is 1. The smallest absolute Gasteiger partial charge is 0.268 e. The van der Waals surface area contributed by atoms with Crippen LogP contribution in [0, 0.1) is 6.92 Å². The Bertz CT molecular complexity index is 1220. The number of aryl methyl sites for hydroxylation is 1. The number of benzene rings is 2. The zero-order valence-electron chi connectivity index (χ0n) is 15.8. The molecule has 0 spiro atoms. The molecule has 0 radical (unpaired) electrons. The molecule has 28 heavy (non-hydrogen) atoms. The van der Waals surface area contributed by atoms with Gasteiger partial charge in [0.25, 0.3) is 10.0 Å². The van der Waals surface area contributed by atoms with E-state index in [1.54, 1.807) is 18.3 Å². The Hall–Kier alpha value is -2.41. The molecule has 5 nitrogen and oxygen atoms in total. The second kappa shape index (κ2) is 6.04. The Morgan fingerprint density at radius 3 is 2.61 bits per heavy atom. The highest BCUT2D eigenvalue weighted by Gasteiger charge is 2.37. The lowest BCUT2D eigenvalue weighted by molar-refractivity contribution is 0.170. The van der Waals surface area contributed by atoms with Crippen LogP contribution in [-0.4, -0.2) is 48.1 Å². The molecule has 1 aliphatic heterocycles. The van der Waals surface area contributed by atoms with Gasteiger partial charge in [-0.3, -0.25) is 4.90 Å². The molecule has 0 amide bonds. The quantitative estimate of drug-likeness (QED) is 0.742. The summed E-state index contributed by atoms with van der Waals surface area (Å²) in [7, 11) is -1.66. The Kier molecular flexibility index (Phi) is 3.81. The highest BCUT2D eigenvalue weighted by atomic mass is 32.2. The first kappa shape index (κ1) is 17.7. The van der Waals surface area contributed by atoms with Crippen LogP contribution in [0.5, 0.6) is 0 Å². The molecule has 0 fully saturated rings. The Morgan fingerprint density at radius 1 is 1.14 bits per heavy atom. The first-order chi connectivity index (χ1) is 13.4. The topological polar surface area (TPSA) is 62.5 Å². The molecule has 0 saturated heterocycles. The van der Waals surface area contributed by atoms with Gasteiger partial charge in [-0.05, 0) is 55.3 Å². The molecule has 3 aromatic rings. The predicted octanol–water partition coefficient (Wildman–Crippen LogP) is 2.80. The van der Waals surface area contributed by atoms with Gasteiger partial charge in [-0.25, -0.2) is 12.4 Å². The number of fused-ring (bicyclic) bond motifs is 2. The van der Waals surface area contributed by atoms with Crippen molar-refractivity contribution in [2.75, 3.05) is 13.7 Å². The van der Waals surface area contributed by atoms with E-state index in [-0.39, 0.29) is 18.7 Å². The number of aliphatic hydroxyl groups is 1. The molecule has 2 aromatic carbocycles. The van der Waals surface area contributed by atoms with Crippen LogP contribution in [-0.2, 0) is 16.4 Å². The molecule has 144 valence electrons. The van der Waals surface area contributed by atoms with E-state index in [1.807, 2.05) is 38.2 Å². The van der Waals surface area contributed by atoms with Crippen molar-refractivity contribution >= 4 is 26.5 Å². The van der Waals surface area contributed by atoms with Gasteiger partial charge in [0.1, 0.15) is 0 Å². The van der Waals surface area contributed by atoms with E-state index >= 15 is 0 Å². The van der Waals surface area contributed by atoms with Crippen molar-refractivity contribution in [3.05, 3.63) is 71.4 Å². The van der Waals surface area contributed by atoms with Crippen LogP contribution >= 0.6 is 0 Å². The van der Waals surface area contributed by atoms with Crippen molar-refractivity contribution in [3.63, 3.8) is 0 Å². The van der Waals surface area contributed by atoms with E-state index in [1.165, 1.54) is 9.55 Å². The van der Waals surface area contributed by atoms with Gasteiger partial charge < -0.3 is 5.11 Å². The second-order valence-corrected chi connectivity index (χ2v) is 9.54. The van der Waals surface area contributed by atoms with Crippen LogP contribution < -0.4 is 0 Å². The van der Waals surface area contributed by atoms with Crippen LogP contribution in [0.15, 0.2) is 59.6 Å². The summed E-state index contributed by atoms with van der Waals surface area (Å²) in [5, 5.41) is 10.7. The lowest BCUT2D eigenvalue weighted by Crippen LogP contribution is -2.38. The summed E-state index contributed by atoms with van der Waals surface area (Å²) in [5.74, 6) is 0. The van der Waals surface area contributed by atoms with Crippen LogP contribution in [0.1, 0.15) is 16.7 Å². The number of aliphatic hydroxyl groups excluding tert-OH is 1. The van der Waals surface area contributed by atoms with Crippen LogP contribution in [0.25, 0.3) is 16.5 Å². The molecule has 2 aliphatic rings. The van der Waals surface area contributed by atoms with Crippen molar-refractivity contribution in [1.82, 2.24) is 8.87 Å². The first-order valence-electron chi connectivity index (χ1n) is 9.42. The number of rotatable bonds is 3. The standard InChI is InChI=1S/C22H22N2O3S/c1-14-6-8-17(9-7-14)28(26,27)24-12-15-10-21-19(11-16(13-25)23(21)2)18-4-3-5-20(24)22(15)18/h3-9,11-12,16,21,25H,10,13H2,1-2H3/t16-,21-/m1/s1. The van der Waals surface area contributed by atoms with Crippen molar-refractivity contribution in [1.29, 1.82) is 0 Å². The maximum atomic E-state index is 13.3. The van der Waals surface area contributed by atoms with Gasteiger partial charge in [0.05, 0.1) is 23.1 Å². The number of hydrogen-bond acceptors (Lipinski definition) is 4. The van der Waals surface area contributed by atoms with Gasteiger partial charge in [-0.15, -0.1) is 0 Å². The third kappa shape index (κ3) is 2.35. The average molecular weight is 394 g/mol. The Morgan fingerprint density at radius 2 is 1.89 bits per heavy atom. The lowest BCUT2D eigenvalue weighted by Gasteiger charge is -2.29. The number of aromatic nitrogens is 1. The minimum Gasteiger partial charge on any atom is -0.394 e. The summed E-state index contributed by atoms with van der Waals surface area (Å²) >= 11 is 0. The van der Waals surface area contributed by atoms with Gasteiger partial charge in [0.2, 0.25) is 0 Å². The van der Waals surface area contributed by atoms with E-state index in [2.05, 4.69) is 17.0 Å². The predicted molar refractivity (Wildman–Crippen MR) is 110 cm³/mol. The lowest BCUT2D eigenvalue weighted by atomic mass is 9.86. The number of nitrogens with zero attached hydrogens (tertiary/aromatic N) is 2. The molecular weight excluding hydrogens is 372 g/mol. The highest BCUT2D eigenvalue weighted by Crippen LogP contribution is 2.43. The maximum absolute atomic E-state index is 13.3. The van der Waals surface area contributed by atoms with Crippen LogP contribution in [0.4, 0.5) is 0 Å². The molecule has 5 rings (SSSR count). The SMILES string of the molecule is Cc1ccc(S(=O)(=O)n2cc3c4c(cccc42)C2=C[C@H](CO)N(C)[C@@H]2C3)cc1. The van der Waals surface area contributed by atoms with Gasteiger partial charge in [0.15, 0.2) is 0 Å². The van der Waals surface area contributed by atoms with Gasteiger partial charge >= 0.3 is 0 Å². The fraction of sp³-hybridized carbons (Fsp3) is 0.273. The van der Waals surface area contributed by atoms with Gasteiger partial charge in [-0.2, -0.15) is 0 Å². The Balaban J connectivity index is 1.72. The molecule has 0 saturated carbocycles. The maximum Gasteiger partial charge on any atom is 0.268 e. The van der Waals surface area contributed by atoms with Crippen molar-refractivity contribution < 1.29 is 13.5 Å². The molecule has 1 aliphatic carbocycles. The van der Waals surface area contributed by atoms with Gasteiger partial charge in [0, 0.05) is 17.6 Å². The molecule has 0 unspecified atom stereocenters. The molecule has 6 heteroatoms. The first-order valence-corrected chi connectivity index (χ1v) is 10.9. The van der Waals surface area contributed by atoms with E-state index in [9.17, 15) is 13.5 Å². The molecule has 1 N–H and O–H groups in total. The second-order valence-electron chi connectivity index (χ2n) is 7.73. The summed E-state index contributed by atoms with van der Waals surface area (Å²) in [6, 6.07) is 13.0. The van der Waals surface area contributed by atoms with E-state index in [0.717, 1.165) is 28.5 Å².